The van der Waals surface area contributed by atoms with Crippen molar-refractivity contribution >= 4 is 50.2 Å². The van der Waals surface area contributed by atoms with Crippen LogP contribution in [0.1, 0.15) is 37.8 Å². The van der Waals surface area contributed by atoms with Gasteiger partial charge in [-0.2, -0.15) is 11.8 Å². The maximum atomic E-state index is 6.38. The van der Waals surface area contributed by atoms with Crippen LogP contribution in [0.5, 0.6) is 5.75 Å². The van der Waals surface area contributed by atoms with Gasteiger partial charge in [-0.1, -0.05) is 6.42 Å². The normalized spacial score (nSPS) is 14.9. The smallest absolute Gasteiger partial charge is 0.227 e. The first kappa shape index (κ1) is 19.5. The number of ether oxygens (including phenoxy) is 1. The molecule has 0 radical (unpaired) electrons. The quantitative estimate of drug-likeness (QED) is 0.480. The average molecular weight is 459 g/mol. The number of pyridine rings is 1. The van der Waals surface area contributed by atoms with Gasteiger partial charge in [-0.15, -0.1) is 0 Å². The van der Waals surface area contributed by atoms with Gasteiger partial charge in [0.25, 0.3) is 0 Å². The summed E-state index contributed by atoms with van der Waals surface area (Å²) in [7, 11) is 0. The second kappa shape index (κ2) is 9.09. The Bertz CT molecular complexity index is 962. The molecule has 4 rings (SSSR count). The van der Waals surface area contributed by atoms with E-state index in [1.807, 2.05) is 36.7 Å². The molecule has 1 aliphatic carbocycles. The van der Waals surface area contributed by atoms with Gasteiger partial charge in [0.15, 0.2) is 5.75 Å². The lowest BCUT2D eigenvalue weighted by molar-refractivity contribution is 0.156. The molecule has 0 unspecified atom stereocenters. The van der Waals surface area contributed by atoms with E-state index in [0.29, 0.717) is 5.95 Å². The standard InChI is InChI=1S/C21H23BrN4OS/c1-28-13-16-11-15(9-10-23-16)25-21-24-12-14-7-8-18(22)20(19(14)26-21)27-17-5-3-2-4-6-17/h7-12,17H,2-6,13H2,1H3,(H,23,24,25,26). The van der Waals surface area contributed by atoms with Crippen molar-refractivity contribution in [3.05, 3.63) is 46.8 Å². The van der Waals surface area contributed by atoms with Crippen LogP contribution < -0.4 is 10.1 Å². The molecule has 5 nitrogen and oxygen atoms in total. The van der Waals surface area contributed by atoms with E-state index < -0.39 is 0 Å². The molecular weight excluding hydrogens is 436 g/mol. The van der Waals surface area contributed by atoms with Crippen molar-refractivity contribution < 1.29 is 4.74 Å². The van der Waals surface area contributed by atoms with Crippen molar-refractivity contribution in [3.8, 4) is 5.75 Å². The number of rotatable bonds is 6. The van der Waals surface area contributed by atoms with Crippen LogP contribution in [-0.4, -0.2) is 27.3 Å². The first-order chi connectivity index (χ1) is 13.7. The predicted octanol–water partition coefficient (Wildman–Crippen LogP) is 6.11. The summed E-state index contributed by atoms with van der Waals surface area (Å²) in [4.78, 5) is 13.6. The van der Waals surface area contributed by atoms with Crippen molar-refractivity contribution in [1.29, 1.82) is 0 Å². The summed E-state index contributed by atoms with van der Waals surface area (Å²) >= 11 is 5.39. The molecule has 0 spiro atoms. The number of nitrogens with zero attached hydrogens (tertiary/aromatic N) is 3. The summed E-state index contributed by atoms with van der Waals surface area (Å²) in [6.07, 6.45) is 12.0. The molecule has 0 saturated heterocycles. The zero-order chi connectivity index (χ0) is 19.3. The molecule has 3 aromatic rings. The number of aromatic nitrogens is 3. The molecule has 1 saturated carbocycles. The van der Waals surface area contributed by atoms with Gasteiger partial charge in [0.2, 0.25) is 5.95 Å². The third-order valence-corrected chi connectivity index (χ3v) is 6.07. The number of benzene rings is 1. The fourth-order valence-electron chi connectivity index (χ4n) is 3.48. The number of fused-ring (bicyclic) bond motifs is 1. The fourth-order valence-corrected chi connectivity index (χ4v) is 4.35. The fraction of sp³-hybridized carbons (Fsp3) is 0.381. The van der Waals surface area contributed by atoms with Gasteiger partial charge in [0, 0.05) is 29.2 Å². The molecule has 0 amide bonds. The molecule has 1 aromatic carbocycles. The van der Waals surface area contributed by atoms with E-state index in [4.69, 9.17) is 9.72 Å². The van der Waals surface area contributed by atoms with Gasteiger partial charge in [0.05, 0.1) is 16.3 Å². The molecule has 1 fully saturated rings. The molecule has 7 heteroatoms. The summed E-state index contributed by atoms with van der Waals surface area (Å²) in [6, 6.07) is 7.98. The molecule has 0 aliphatic heterocycles. The SMILES string of the molecule is CSCc1cc(Nc2ncc3ccc(Br)c(OC4CCCCC4)c3n2)ccn1. The monoisotopic (exact) mass is 458 g/mol. The summed E-state index contributed by atoms with van der Waals surface area (Å²) in [5.41, 5.74) is 2.79. The molecule has 0 atom stereocenters. The second-order valence-corrected chi connectivity index (χ2v) is 8.70. The zero-order valence-electron chi connectivity index (χ0n) is 15.8. The van der Waals surface area contributed by atoms with Crippen molar-refractivity contribution in [3.63, 3.8) is 0 Å². The molecule has 28 heavy (non-hydrogen) atoms. The van der Waals surface area contributed by atoms with Crippen LogP contribution in [0.2, 0.25) is 0 Å². The highest BCUT2D eigenvalue weighted by molar-refractivity contribution is 9.10. The summed E-state index contributed by atoms with van der Waals surface area (Å²) in [6.45, 7) is 0. The molecule has 1 N–H and O–H groups in total. The van der Waals surface area contributed by atoms with Crippen LogP contribution in [0.3, 0.4) is 0 Å². The number of anilines is 2. The summed E-state index contributed by atoms with van der Waals surface area (Å²) in [5.74, 6) is 2.24. The number of thioether (sulfide) groups is 1. The third-order valence-electron chi connectivity index (χ3n) is 4.86. The second-order valence-electron chi connectivity index (χ2n) is 6.98. The van der Waals surface area contributed by atoms with Crippen molar-refractivity contribution in [2.45, 2.75) is 44.0 Å². The van der Waals surface area contributed by atoms with Gasteiger partial charge in [-0.05, 0) is 72.1 Å². The Morgan fingerprint density at radius 2 is 2.04 bits per heavy atom. The number of hydrogen-bond donors (Lipinski definition) is 1. The Balaban J connectivity index is 1.63. The molecule has 1 aliphatic rings. The lowest BCUT2D eigenvalue weighted by Gasteiger charge is -2.24. The van der Waals surface area contributed by atoms with Crippen LogP contribution in [-0.2, 0) is 5.75 Å². The molecule has 146 valence electrons. The number of hydrogen-bond acceptors (Lipinski definition) is 6. The molecule has 0 bridgehead atoms. The van der Waals surface area contributed by atoms with Gasteiger partial charge in [-0.3, -0.25) is 4.98 Å². The maximum absolute atomic E-state index is 6.38. The zero-order valence-corrected chi connectivity index (χ0v) is 18.2. The average Bonchev–Trinajstić information content (AvgIpc) is 2.72. The predicted molar refractivity (Wildman–Crippen MR) is 119 cm³/mol. The highest BCUT2D eigenvalue weighted by Gasteiger charge is 2.19. The number of halogens is 1. The van der Waals surface area contributed by atoms with E-state index in [-0.39, 0.29) is 6.10 Å². The van der Waals surface area contributed by atoms with Crippen molar-refractivity contribution in [2.24, 2.45) is 0 Å². The van der Waals surface area contributed by atoms with E-state index >= 15 is 0 Å². The third kappa shape index (κ3) is 4.58. The van der Waals surface area contributed by atoms with Crippen LogP contribution in [0.15, 0.2) is 41.1 Å². The first-order valence-corrected chi connectivity index (χ1v) is 11.7. The molecular formula is C21H23BrN4OS. The van der Waals surface area contributed by atoms with E-state index in [1.54, 1.807) is 11.8 Å². The Morgan fingerprint density at radius 3 is 2.86 bits per heavy atom. The van der Waals surface area contributed by atoms with Gasteiger partial charge in [-0.25, -0.2) is 9.97 Å². The van der Waals surface area contributed by atoms with Crippen molar-refractivity contribution in [1.82, 2.24) is 15.0 Å². The lowest BCUT2D eigenvalue weighted by atomic mass is 9.98. The minimum atomic E-state index is 0.260. The Hall–Kier alpha value is -1.86. The molecule has 2 aromatic heterocycles. The van der Waals surface area contributed by atoms with E-state index in [9.17, 15) is 0 Å². The van der Waals surface area contributed by atoms with E-state index in [2.05, 4.69) is 37.5 Å². The highest BCUT2D eigenvalue weighted by Crippen LogP contribution is 2.35. The van der Waals surface area contributed by atoms with Crippen LogP contribution >= 0.6 is 27.7 Å². The maximum Gasteiger partial charge on any atom is 0.227 e. The largest absolute Gasteiger partial charge is 0.487 e. The minimum absolute atomic E-state index is 0.260. The Kier molecular flexibility index (Phi) is 6.32. The summed E-state index contributed by atoms with van der Waals surface area (Å²) < 4.78 is 7.31. The van der Waals surface area contributed by atoms with Gasteiger partial charge < -0.3 is 10.1 Å². The van der Waals surface area contributed by atoms with Gasteiger partial charge >= 0.3 is 0 Å². The molecule has 2 heterocycles. The van der Waals surface area contributed by atoms with Gasteiger partial charge in [0.1, 0.15) is 5.52 Å². The first-order valence-electron chi connectivity index (χ1n) is 9.56. The topological polar surface area (TPSA) is 59.9 Å². The number of nitrogens with one attached hydrogen (secondary N) is 1. The lowest BCUT2D eigenvalue weighted by Crippen LogP contribution is -2.20. The van der Waals surface area contributed by atoms with Crippen molar-refractivity contribution in [2.75, 3.05) is 11.6 Å². The minimum Gasteiger partial charge on any atom is -0.487 e. The summed E-state index contributed by atoms with van der Waals surface area (Å²) in [5, 5.41) is 4.27. The Labute approximate surface area is 177 Å². The van der Waals surface area contributed by atoms with Crippen LogP contribution in [0.4, 0.5) is 11.6 Å². The van der Waals surface area contributed by atoms with E-state index in [1.165, 1.54) is 19.3 Å². The van der Waals surface area contributed by atoms with Crippen LogP contribution in [0, 0.1) is 0 Å². The Morgan fingerprint density at radius 1 is 1.18 bits per heavy atom. The highest BCUT2D eigenvalue weighted by atomic mass is 79.9. The van der Waals surface area contributed by atoms with E-state index in [0.717, 1.165) is 51.1 Å². The van der Waals surface area contributed by atoms with Crippen LogP contribution in [0.25, 0.3) is 10.9 Å².